The van der Waals surface area contributed by atoms with Crippen LogP contribution in [0.4, 0.5) is 0 Å². The topological polar surface area (TPSA) is 64.6 Å². The van der Waals surface area contributed by atoms with E-state index >= 15 is 0 Å². The smallest absolute Gasteiger partial charge is 0.336 e. The molecule has 1 aliphatic carbocycles. The summed E-state index contributed by atoms with van der Waals surface area (Å²) in [7, 11) is 1.57. The lowest BCUT2D eigenvalue weighted by Crippen LogP contribution is -2.38. The standard InChI is InChI=1S/C25H33NO4/c1-15(2)17-7-9-18(10-8-17)22-21(24(28)30-12-11-29-6)16(3)26-19-13-25(4,5)14-20(27)23(19)22/h7-10,15,22,26H,11-14H2,1-6H3/t22-/m1/s1. The van der Waals surface area contributed by atoms with Crippen LogP contribution in [0.5, 0.6) is 0 Å². The second-order valence-corrected chi connectivity index (χ2v) is 9.38. The van der Waals surface area contributed by atoms with Gasteiger partial charge in [-0.2, -0.15) is 0 Å². The quantitative estimate of drug-likeness (QED) is 0.547. The first-order valence-corrected chi connectivity index (χ1v) is 10.6. The first-order valence-electron chi connectivity index (χ1n) is 10.6. The van der Waals surface area contributed by atoms with E-state index in [1.54, 1.807) is 7.11 Å². The zero-order valence-electron chi connectivity index (χ0n) is 18.9. The Morgan fingerprint density at radius 2 is 1.83 bits per heavy atom. The van der Waals surface area contributed by atoms with Crippen molar-refractivity contribution in [3.8, 4) is 0 Å². The van der Waals surface area contributed by atoms with E-state index in [-0.39, 0.29) is 17.8 Å². The average molecular weight is 412 g/mol. The number of hydrogen-bond acceptors (Lipinski definition) is 5. The maximum Gasteiger partial charge on any atom is 0.336 e. The summed E-state index contributed by atoms with van der Waals surface area (Å²) < 4.78 is 10.5. The maximum atomic E-state index is 13.2. The molecule has 0 saturated heterocycles. The number of hydrogen-bond donors (Lipinski definition) is 1. The molecular formula is C25H33NO4. The molecular weight excluding hydrogens is 378 g/mol. The van der Waals surface area contributed by atoms with Crippen molar-refractivity contribution < 1.29 is 19.1 Å². The molecule has 1 aromatic carbocycles. The van der Waals surface area contributed by atoms with Gasteiger partial charge in [0.15, 0.2) is 5.78 Å². The molecule has 1 N–H and O–H groups in total. The molecule has 0 spiro atoms. The van der Waals surface area contributed by atoms with E-state index in [4.69, 9.17) is 9.47 Å². The number of rotatable bonds is 6. The van der Waals surface area contributed by atoms with Gasteiger partial charge in [0.25, 0.3) is 0 Å². The van der Waals surface area contributed by atoms with Gasteiger partial charge in [-0.25, -0.2) is 4.79 Å². The monoisotopic (exact) mass is 411 g/mol. The van der Waals surface area contributed by atoms with Crippen LogP contribution in [0.25, 0.3) is 0 Å². The number of dihydropyridines is 1. The molecule has 1 aliphatic heterocycles. The lowest BCUT2D eigenvalue weighted by Gasteiger charge is -2.39. The van der Waals surface area contributed by atoms with E-state index in [9.17, 15) is 9.59 Å². The molecule has 5 heteroatoms. The fraction of sp³-hybridized carbons (Fsp3) is 0.520. The Labute approximate surface area is 179 Å². The molecule has 0 unspecified atom stereocenters. The minimum absolute atomic E-state index is 0.0985. The summed E-state index contributed by atoms with van der Waals surface area (Å²) in [5.41, 5.74) is 4.96. The van der Waals surface area contributed by atoms with Crippen LogP contribution in [0.2, 0.25) is 0 Å². The molecule has 0 radical (unpaired) electrons. The van der Waals surface area contributed by atoms with Crippen molar-refractivity contribution >= 4 is 11.8 Å². The first kappa shape index (κ1) is 22.3. The number of nitrogens with one attached hydrogen (secondary N) is 1. The zero-order valence-corrected chi connectivity index (χ0v) is 18.9. The molecule has 2 aliphatic rings. The Morgan fingerprint density at radius 3 is 2.43 bits per heavy atom. The minimum Gasteiger partial charge on any atom is -0.460 e. The largest absolute Gasteiger partial charge is 0.460 e. The van der Waals surface area contributed by atoms with Crippen LogP contribution in [0.3, 0.4) is 0 Å². The van der Waals surface area contributed by atoms with Crippen LogP contribution in [-0.2, 0) is 19.1 Å². The lowest BCUT2D eigenvalue weighted by atomic mass is 9.68. The SMILES string of the molecule is COCCOC(=O)C1=C(C)NC2=C(C(=O)CC(C)(C)C2)[C@@H]1c1ccc(C(C)C)cc1. The number of esters is 1. The second kappa shape index (κ2) is 8.76. The number of Topliss-reactive ketones (excluding diaryl/α,β-unsaturated/α-hetero) is 1. The summed E-state index contributed by atoms with van der Waals surface area (Å²) in [5, 5.41) is 3.36. The summed E-state index contributed by atoms with van der Waals surface area (Å²) in [6.45, 7) is 10.9. The van der Waals surface area contributed by atoms with E-state index in [2.05, 4.69) is 45.1 Å². The molecule has 1 atom stereocenters. The second-order valence-electron chi connectivity index (χ2n) is 9.38. The highest BCUT2D eigenvalue weighted by Gasteiger charge is 2.43. The predicted octanol–water partition coefficient (Wildman–Crippen LogP) is 4.60. The van der Waals surface area contributed by atoms with Crippen LogP contribution in [0.15, 0.2) is 46.8 Å². The number of allylic oxidation sites excluding steroid dienone is 3. The number of benzene rings is 1. The third kappa shape index (κ3) is 4.51. The molecule has 3 rings (SSSR count). The van der Waals surface area contributed by atoms with Crippen LogP contribution in [0.1, 0.15) is 70.4 Å². The normalized spacial score (nSPS) is 20.9. The molecule has 0 bridgehead atoms. The highest BCUT2D eigenvalue weighted by atomic mass is 16.6. The van der Waals surface area contributed by atoms with Crippen molar-refractivity contribution in [2.24, 2.45) is 5.41 Å². The summed E-state index contributed by atoms with van der Waals surface area (Å²) >= 11 is 0. The van der Waals surface area contributed by atoms with E-state index < -0.39 is 11.9 Å². The Bertz CT molecular complexity index is 890. The van der Waals surface area contributed by atoms with Crippen LogP contribution < -0.4 is 5.32 Å². The molecule has 0 fully saturated rings. The molecule has 30 heavy (non-hydrogen) atoms. The number of carbonyl (C=O) groups excluding carboxylic acids is 2. The average Bonchev–Trinajstić information content (AvgIpc) is 2.66. The van der Waals surface area contributed by atoms with Gasteiger partial charge in [-0.05, 0) is 35.8 Å². The number of ether oxygens (including phenoxy) is 2. The van der Waals surface area contributed by atoms with Crippen molar-refractivity contribution in [1.29, 1.82) is 0 Å². The first-order chi connectivity index (χ1) is 14.1. The Morgan fingerprint density at radius 1 is 1.17 bits per heavy atom. The fourth-order valence-corrected chi connectivity index (χ4v) is 4.41. The lowest BCUT2D eigenvalue weighted by molar-refractivity contribution is -0.140. The maximum absolute atomic E-state index is 13.2. The Hall–Kier alpha value is -2.40. The molecule has 0 amide bonds. The third-order valence-corrected chi connectivity index (χ3v) is 5.92. The third-order valence-electron chi connectivity index (χ3n) is 5.92. The van der Waals surface area contributed by atoms with Crippen molar-refractivity contribution in [3.05, 3.63) is 57.9 Å². The van der Waals surface area contributed by atoms with E-state index in [0.717, 1.165) is 23.4 Å². The summed E-state index contributed by atoms with van der Waals surface area (Å²) in [4.78, 5) is 26.3. The zero-order chi connectivity index (χ0) is 22.1. The number of carbonyl (C=O) groups is 2. The van der Waals surface area contributed by atoms with Gasteiger partial charge in [0.05, 0.1) is 12.2 Å². The predicted molar refractivity (Wildman–Crippen MR) is 117 cm³/mol. The van der Waals surface area contributed by atoms with Gasteiger partial charge in [0.2, 0.25) is 0 Å². The van der Waals surface area contributed by atoms with Crippen molar-refractivity contribution in [1.82, 2.24) is 5.32 Å². The van der Waals surface area contributed by atoms with Crippen molar-refractivity contribution in [2.75, 3.05) is 20.3 Å². The van der Waals surface area contributed by atoms with Crippen LogP contribution in [-0.4, -0.2) is 32.1 Å². The van der Waals surface area contributed by atoms with E-state index in [1.165, 1.54) is 5.56 Å². The molecule has 0 aromatic heterocycles. The van der Waals surface area contributed by atoms with Crippen molar-refractivity contribution in [3.63, 3.8) is 0 Å². The van der Waals surface area contributed by atoms with Gasteiger partial charge in [-0.3, -0.25) is 4.79 Å². The number of methoxy groups -OCH3 is 1. The molecule has 5 nitrogen and oxygen atoms in total. The molecule has 0 saturated carbocycles. The van der Waals surface area contributed by atoms with Gasteiger partial charge in [-0.15, -0.1) is 0 Å². The molecule has 162 valence electrons. The highest BCUT2D eigenvalue weighted by Crippen LogP contribution is 2.46. The highest BCUT2D eigenvalue weighted by molar-refractivity contribution is 6.04. The molecule has 1 aromatic rings. The summed E-state index contributed by atoms with van der Waals surface area (Å²) in [6, 6.07) is 8.25. The molecule has 1 heterocycles. The van der Waals surface area contributed by atoms with Gasteiger partial charge in [0.1, 0.15) is 6.61 Å². The van der Waals surface area contributed by atoms with Gasteiger partial charge in [0, 0.05) is 36.4 Å². The van der Waals surface area contributed by atoms with Crippen LogP contribution in [0, 0.1) is 5.41 Å². The van der Waals surface area contributed by atoms with Crippen molar-refractivity contribution in [2.45, 2.75) is 59.3 Å². The fourth-order valence-electron chi connectivity index (χ4n) is 4.41. The summed E-state index contributed by atoms with van der Waals surface area (Å²) in [5.74, 6) is -0.309. The van der Waals surface area contributed by atoms with Gasteiger partial charge in [-0.1, -0.05) is 52.0 Å². The Balaban J connectivity index is 2.07. The van der Waals surface area contributed by atoms with E-state index in [1.807, 2.05) is 19.1 Å². The van der Waals surface area contributed by atoms with Crippen LogP contribution >= 0.6 is 0 Å². The summed E-state index contributed by atoms with van der Waals surface area (Å²) in [6.07, 6.45) is 1.25. The Kier molecular flexibility index (Phi) is 6.51. The van der Waals surface area contributed by atoms with Gasteiger partial charge >= 0.3 is 5.97 Å². The minimum atomic E-state index is -0.416. The number of ketones is 1. The van der Waals surface area contributed by atoms with Gasteiger partial charge < -0.3 is 14.8 Å². The van der Waals surface area contributed by atoms with E-state index in [0.29, 0.717) is 30.1 Å².